The normalized spacial score (nSPS) is 13.2. The molecule has 0 bridgehead atoms. The van der Waals surface area contributed by atoms with Crippen LogP contribution in [0.5, 0.6) is 0 Å². The van der Waals surface area contributed by atoms with Gasteiger partial charge in [-0.1, -0.05) is 33.6 Å². The van der Waals surface area contributed by atoms with Gasteiger partial charge in [-0.15, -0.1) is 0 Å². The summed E-state index contributed by atoms with van der Waals surface area (Å²) in [5.41, 5.74) is 0. The second kappa shape index (κ2) is 7.93. The number of nitrogens with one attached hydrogen (secondary N) is 1. The number of hydrogen-bond acceptors (Lipinski definition) is 2. The van der Waals surface area contributed by atoms with Gasteiger partial charge in [0.05, 0.1) is 6.04 Å². The minimum absolute atomic E-state index is 0.361. The summed E-state index contributed by atoms with van der Waals surface area (Å²) in [6.45, 7) is 7.79. The van der Waals surface area contributed by atoms with Crippen molar-refractivity contribution in [1.29, 1.82) is 0 Å². The highest BCUT2D eigenvalue weighted by atomic mass is 79.9. The first-order valence-electron chi connectivity index (χ1n) is 6.62. The molecule has 1 atom stereocenters. The van der Waals surface area contributed by atoms with Crippen LogP contribution in [0.3, 0.4) is 0 Å². The highest BCUT2D eigenvalue weighted by Crippen LogP contribution is 2.25. The SMILES string of the molecule is CCCNC(CCCC(C)C)c1ccc(Br)o1. The van der Waals surface area contributed by atoms with Crippen LogP contribution >= 0.6 is 15.9 Å². The zero-order valence-corrected chi connectivity index (χ0v) is 12.7. The molecule has 17 heavy (non-hydrogen) atoms. The van der Waals surface area contributed by atoms with E-state index >= 15 is 0 Å². The molecule has 0 saturated carbocycles. The molecule has 1 aromatic rings. The molecule has 0 saturated heterocycles. The lowest BCUT2D eigenvalue weighted by Gasteiger charge is -2.16. The molecule has 1 unspecified atom stereocenters. The topological polar surface area (TPSA) is 25.2 Å². The van der Waals surface area contributed by atoms with Crippen LogP contribution in [0.1, 0.15) is 58.3 Å². The lowest BCUT2D eigenvalue weighted by Crippen LogP contribution is -2.21. The van der Waals surface area contributed by atoms with Crippen molar-refractivity contribution in [2.45, 2.75) is 52.5 Å². The molecule has 1 aromatic heterocycles. The van der Waals surface area contributed by atoms with Crippen LogP contribution in [-0.4, -0.2) is 6.54 Å². The molecule has 0 amide bonds. The van der Waals surface area contributed by atoms with Crippen molar-refractivity contribution in [3.8, 4) is 0 Å². The molecule has 0 aliphatic heterocycles. The maximum Gasteiger partial charge on any atom is 0.169 e. The maximum atomic E-state index is 5.65. The Hall–Kier alpha value is -0.280. The van der Waals surface area contributed by atoms with E-state index in [1.54, 1.807) is 0 Å². The van der Waals surface area contributed by atoms with Crippen LogP contribution in [-0.2, 0) is 0 Å². The van der Waals surface area contributed by atoms with Gasteiger partial charge in [0.15, 0.2) is 4.67 Å². The molecule has 0 spiro atoms. The molecule has 0 aromatic carbocycles. The second-order valence-electron chi connectivity index (χ2n) is 4.97. The van der Waals surface area contributed by atoms with Crippen molar-refractivity contribution in [3.05, 3.63) is 22.6 Å². The Morgan fingerprint density at radius 3 is 2.59 bits per heavy atom. The molecule has 1 rings (SSSR count). The Balaban J connectivity index is 2.48. The van der Waals surface area contributed by atoms with Crippen molar-refractivity contribution in [2.24, 2.45) is 5.92 Å². The van der Waals surface area contributed by atoms with Crippen molar-refractivity contribution >= 4 is 15.9 Å². The zero-order chi connectivity index (χ0) is 12.7. The van der Waals surface area contributed by atoms with Gasteiger partial charge < -0.3 is 9.73 Å². The molecular formula is C14H24BrNO. The third-order valence-corrected chi connectivity index (χ3v) is 3.28. The number of hydrogen-bond donors (Lipinski definition) is 1. The maximum absolute atomic E-state index is 5.65. The number of furan rings is 1. The molecule has 3 heteroatoms. The standard InChI is InChI=1S/C14H24BrNO/c1-4-10-16-12(7-5-6-11(2)3)13-8-9-14(15)17-13/h8-9,11-12,16H,4-7,10H2,1-3H3. The van der Waals surface area contributed by atoms with E-state index < -0.39 is 0 Å². The molecular weight excluding hydrogens is 278 g/mol. The van der Waals surface area contributed by atoms with Crippen molar-refractivity contribution in [3.63, 3.8) is 0 Å². The fourth-order valence-corrected chi connectivity index (χ4v) is 2.23. The number of rotatable bonds is 8. The fourth-order valence-electron chi connectivity index (χ4n) is 1.91. The Bertz CT molecular complexity index is 309. The summed E-state index contributed by atoms with van der Waals surface area (Å²) >= 11 is 3.37. The molecule has 0 fully saturated rings. The van der Waals surface area contributed by atoms with E-state index in [4.69, 9.17) is 4.42 Å². The quantitative estimate of drug-likeness (QED) is 0.738. The van der Waals surface area contributed by atoms with Crippen LogP contribution in [0.15, 0.2) is 21.2 Å². The average Bonchev–Trinajstić information content (AvgIpc) is 2.69. The van der Waals surface area contributed by atoms with E-state index in [1.807, 2.05) is 6.07 Å². The predicted molar refractivity (Wildman–Crippen MR) is 76.1 cm³/mol. The molecule has 0 radical (unpaired) electrons. The Labute approximate surface area is 113 Å². The summed E-state index contributed by atoms with van der Waals surface area (Å²) < 4.78 is 6.47. The Kier molecular flexibility index (Phi) is 6.90. The van der Waals surface area contributed by atoms with Gasteiger partial charge in [0, 0.05) is 0 Å². The van der Waals surface area contributed by atoms with Gasteiger partial charge in [0.1, 0.15) is 5.76 Å². The Morgan fingerprint density at radius 1 is 1.29 bits per heavy atom. The van der Waals surface area contributed by atoms with Gasteiger partial charge in [-0.3, -0.25) is 0 Å². The minimum atomic E-state index is 0.361. The molecule has 1 heterocycles. The Morgan fingerprint density at radius 2 is 2.06 bits per heavy atom. The fraction of sp³-hybridized carbons (Fsp3) is 0.714. The van der Waals surface area contributed by atoms with Gasteiger partial charge in [-0.25, -0.2) is 0 Å². The lowest BCUT2D eigenvalue weighted by atomic mass is 10.0. The third kappa shape index (κ3) is 5.73. The highest BCUT2D eigenvalue weighted by Gasteiger charge is 2.14. The summed E-state index contributed by atoms with van der Waals surface area (Å²) in [5, 5.41) is 3.56. The molecule has 0 aliphatic carbocycles. The molecule has 1 N–H and O–H groups in total. The van der Waals surface area contributed by atoms with Crippen LogP contribution < -0.4 is 5.32 Å². The summed E-state index contributed by atoms with van der Waals surface area (Å²) in [6, 6.07) is 4.39. The first-order valence-corrected chi connectivity index (χ1v) is 7.41. The smallest absolute Gasteiger partial charge is 0.169 e. The van der Waals surface area contributed by atoms with E-state index in [0.29, 0.717) is 6.04 Å². The average molecular weight is 302 g/mol. The summed E-state index contributed by atoms with van der Waals surface area (Å²) in [6.07, 6.45) is 4.84. The largest absolute Gasteiger partial charge is 0.453 e. The van der Waals surface area contributed by atoms with E-state index in [2.05, 4.69) is 48.1 Å². The van der Waals surface area contributed by atoms with Crippen molar-refractivity contribution < 1.29 is 4.42 Å². The third-order valence-electron chi connectivity index (χ3n) is 2.85. The minimum Gasteiger partial charge on any atom is -0.453 e. The van der Waals surface area contributed by atoms with Crippen LogP contribution in [0.2, 0.25) is 0 Å². The van der Waals surface area contributed by atoms with Gasteiger partial charge in [0.25, 0.3) is 0 Å². The van der Waals surface area contributed by atoms with E-state index in [9.17, 15) is 0 Å². The van der Waals surface area contributed by atoms with Gasteiger partial charge >= 0.3 is 0 Å². The van der Waals surface area contributed by atoms with Crippen LogP contribution in [0.25, 0.3) is 0 Å². The van der Waals surface area contributed by atoms with E-state index in [0.717, 1.165) is 35.7 Å². The summed E-state index contributed by atoms with van der Waals surface area (Å²) in [7, 11) is 0. The second-order valence-corrected chi connectivity index (χ2v) is 5.75. The van der Waals surface area contributed by atoms with Crippen molar-refractivity contribution in [1.82, 2.24) is 5.32 Å². The zero-order valence-electron chi connectivity index (χ0n) is 11.1. The van der Waals surface area contributed by atoms with E-state index in [-0.39, 0.29) is 0 Å². The number of halogens is 1. The molecule has 0 aliphatic rings. The monoisotopic (exact) mass is 301 g/mol. The molecule has 2 nitrogen and oxygen atoms in total. The first kappa shape index (κ1) is 14.8. The van der Waals surface area contributed by atoms with Gasteiger partial charge in [-0.2, -0.15) is 0 Å². The van der Waals surface area contributed by atoms with Crippen molar-refractivity contribution in [2.75, 3.05) is 6.54 Å². The predicted octanol–water partition coefficient (Wildman–Crippen LogP) is 4.91. The van der Waals surface area contributed by atoms with Gasteiger partial charge in [-0.05, 0) is 53.4 Å². The molecule has 98 valence electrons. The first-order chi connectivity index (χ1) is 8.13. The van der Waals surface area contributed by atoms with E-state index in [1.165, 1.54) is 12.8 Å². The summed E-state index contributed by atoms with van der Waals surface area (Å²) in [5.74, 6) is 1.83. The van der Waals surface area contributed by atoms with Gasteiger partial charge in [0.2, 0.25) is 0 Å². The lowest BCUT2D eigenvalue weighted by molar-refractivity contribution is 0.370. The van der Waals surface area contributed by atoms with Crippen LogP contribution in [0.4, 0.5) is 0 Å². The van der Waals surface area contributed by atoms with Crippen LogP contribution in [0, 0.1) is 5.92 Å². The highest BCUT2D eigenvalue weighted by molar-refractivity contribution is 9.10. The summed E-state index contributed by atoms with van der Waals surface area (Å²) in [4.78, 5) is 0.